The molecule has 0 spiro atoms. The number of amides is 1. The number of carbonyl (C=O) groups is 1. The molecule has 0 radical (unpaired) electrons. The summed E-state index contributed by atoms with van der Waals surface area (Å²) in [4.78, 5) is 14.1. The maximum absolute atomic E-state index is 12.3. The first-order valence-corrected chi connectivity index (χ1v) is 7.69. The predicted molar refractivity (Wildman–Crippen MR) is 79.1 cm³/mol. The highest BCUT2D eigenvalue weighted by Crippen LogP contribution is 2.22. The van der Waals surface area contributed by atoms with Crippen molar-refractivity contribution in [2.45, 2.75) is 13.3 Å². The molecule has 1 amide bonds. The van der Waals surface area contributed by atoms with Crippen molar-refractivity contribution in [3.8, 4) is 0 Å². The Morgan fingerprint density at radius 3 is 2.65 bits per heavy atom. The largest absolute Gasteiger partial charge is 0.338 e. The van der Waals surface area contributed by atoms with Crippen molar-refractivity contribution in [3.05, 3.63) is 33.3 Å². The fraction of sp³-hybridized carbons (Fsp3) is 0.417. The summed E-state index contributed by atoms with van der Waals surface area (Å²) in [7, 11) is 0. The van der Waals surface area contributed by atoms with Gasteiger partial charge in [-0.3, -0.25) is 4.79 Å². The first-order chi connectivity index (χ1) is 8.10. The number of benzene rings is 1. The third-order valence-corrected chi connectivity index (χ3v) is 3.46. The first-order valence-electron chi connectivity index (χ1n) is 5.40. The molecule has 0 N–H and O–H groups in total. The summed E-state index contributed by atoms with van der Waals surface area (Å²) >= 11 is 12.8. The lowest BCUT2D eigenvalue weighted by Crippen LogP contribution is -2.33. The second-order valence-corrected chi connectivity index (χ2v) is 5.72. The van der Waals surface area contributed by atoms with Crippen LogP contribution in [0.25, 0.3) is 0 Å². The molecule has 1 rings (SSSR count). The van der Waals surface area contributed by atoms with E-state index in [1.165, 1.54) is 0 Å². The zero-order chi connectivity index (χ0) is 12.8. The monoisotopic (exact) mass is 381 g/mol. The topological polar surface area (TPSA) is 20.3 Å². The maximum Gasteiger partial charge on any atom is 0.255 e. The highest BCUT2D eigenvalue weighted by atomic mass is 79.9. The summed E-state index contributed by atoms with van der Waals surface area (Å²) in [5.41, 5.74) is 0.560. The molecule has 0 fully saturated rings. The molecule has 5 heteroatoms. The molecule has 0 unspecified atom stereocenters. The Morgan fingerprint density at radius 2 is 2.12 bits per heavy atom. The molecule has 0 heterocycles. The van der Waals surface area contributed by atoms with Gasteiger partial charge in [0.15, 0.2) is 0 Å². The highest BCUT2D eigenvalue weighted by molar-refractivity contribution is 9.10. The van der Waals surface area contributed by atoms with Gasteiger partial charge in [0.2, 0.25) is 0 Å². The van der Waals surface area contributed by atoms with Gasteiger partial charge in [-0.05, 0) is 24.6 Å². The first kappa shape index (κ1) is 15.0. The summed E-state index contributed by atoms with van der Waals surface area (Å²) in [6.45, 7) is 3.49. The van der Waals surface area contributed by atoms with E-state index >= 15 is 0 Å². The standard InChI is InChI=1S/C12H14Br2ClNO/c1-2-6-16(7-5-13)12(17)10-4-3-9(14)8-11(10)15/h3-4,8H,2,5-7H2,1H3. The molecule has 0 atom stereocenters. The van der Waals surface area contributed by atoms with Crippen molar-refractivity contribution in [2.75, 3.05) is 18.4 Å². The molecule has 17 heavy (non-hydrogen) atoms. The van der Waals surface area contributed by atoms with Crippen LogP contribution < -0.4 is 0 Å². The van der Waals surface area contributed by atoms with E-state index in [0.29, 0.717) is 17.1 Å². The maximum atomic E-state index is 12.3. The van der Waals surface area contributed by atoms with E-state index in [0.717, 1.165) is 22.8 Å². The van der Waals surface area contributed by atoms with Crippen LogP contribution >= 0.6 is 43.5 Å². The van der Waals surface area contributed by atoms with E-state index in [1.807, 2.05) is 11.0 Å². The Bertz CT molecular complexity index is 392. The van der Waals surface area contributed by atoms with Crippen molar-refractivity contribution in [1.29, 1.82) is 0 Å². The minimum Gasteiger partial charge on any atom is -0.338 e. The SMILES string of the molecule is CCCN(CCBr)C(=O)c1ccc(Br)cc1Cl. The second kappa shape index (κ2) is 7.39. The highest BCUT2D eigenvalue weighted by Gasteiger charge is 2.17. The van der Waals surface area contributed by atoms with Gasteiger partial charge in [-0.15, -0.1) is 0 Å². The Balaban J connectivity index is 2.92. The number of nitrogens with zero attached hydrogens (tertiary/aromatic N) is 1. The van der Waals surface area contributed by atoms with E-state index in [1.54, 1.807) is 12.1 Å². The fourth-order valence-corrected chi connectivity index (χ4v) is 2.70. The van der Waals surface area contributed by atoms with Crippen molar-refractivity contribution in [1.82, 2.24) is 4.90 Å². The van der Waals surface area contributed by atoms with Gasteiger partial charge in [0.05, 0.1) is 10.6 Å². The lowest BCUT2D eigenvalue weighted by molar-refractivity contribution is 0.0766. The van der Waals surface area contributed by atoms with Crippen molar-refractivity contribution >= 4 is 49.4 Å². The van der Waals surface area contributed by atoms with Gasteiger partial charge < -0.3 is 4.90 Å². The molecule has 0 aliphatic carbocycles. The van der Waals surface area contributed by atoms with Gasteiger partial charge in [0.25, 0.3) is 5.91 Å². The quantitative estimate of drug-likeness (QED) is 0.692. The van der Waals surface area contributed by atoms with Gasteiger partial charge in [0.1, 0.15) is 0 Å². The number of rotatable bonds is 5. The van der Waals surface area contributed by atoms with Crippen LogP contribution in [-0.4, -0.2) is 29.2 Å². The van der Waals surface area contributed by atoms with Gasteiger partial charge >= 0.3 is 0 Å². The molecule has 2 nitrogen and oxygen atoms in total. The van der Waals surface area contributed by atoms with E-state index in [2.05, 4.69) is 38.8 Å². The summed E-state index contributed by atoms with van der Waals surface area (Å²) in [6, 6.07) is 5.33. The summed E-state index contributed by atoms with van der Waals surface area (Å²) in [5.74, 6) is -0.0104. The van der Waals surface area contributed by atoms with Gasteiger partial charge in [-0.1, -0.05) is 50.4 Å². The number of hydrogen-bond donors (Lipinski definition) is 0. The predicted octanol–water partition coefficient (Wildman–Crippen LogP) is 4.35. The van der Waals surface area contributed by atoms with Crippen LogP contribution in [0.2, 0.25) is 5.02 Å². The molecule has 94 valence electrons. The molecule has 1 aromatic carbocycles. The Hall–Kier alpha value is -0.0600. The zero-order valence-electron chi connectivity index (χ0n) is 9.55. The lowest BCUT2D eigenvalue weighted by atomic mass is 10.2. The summed E-state index contributed by atoms with van der Waals surface area (Å²) < 4.78 is 0.876. The molecule has 0 aliphatic heterocycles. The normalized spacial score (nSPS) is 10.4. The van der Waals surface area contributed by atoms with E-state index in [9.17, 15) is 4.79 Å². The van der Waals surface area contributed by atoms with Crippen LogP contribution in [0.3, 0.4) is 0 Å². The Labute approximate surface area is 124 Å². The van der Waals surface area contributed by atoms with Crippen LogP contribution in [0.15, 0.2) is 22.7 Å². The van der Waals surface area contributed by atoms with Gasteiger partial charge in [0, 0.05) is 22.9 Å². The number of carbonyl (C=O) groups excluding carboxylic acids is 1. The van der Waals surface area contributed by atoms with Gasteiger partial charge in [-0.2, -0.15) is 0 Å². The molecule has 0 bridgehead atoms. The smallest absolute Gasteiger partial charge is 0.255 e. The van der Waals surface area contributed by atoms with Crippen molar-refractivity contribution in [2.24, 2.45) is 0 Å². The molecule has 0 saturated heterocycles. The van der Waals surface area contributed by atoms with Crippen molar-refractivity contribution in [3.63, 3.8) is 0 Å². The van der Waals surface area contributed by atoms with E-state index < -0.39 is 0 Å². The van der Waals surface area contributed by atoms with Crippen molar-refractivity contribution < 1.29 is 4.79 Å². The van der Waals surface area contributed by atoms with Crippen LogP contribution in [0.5, 0.6) is 0 Å². The molecule has 0 saturated carbocycles. The molecule has 0 aromatic heterocycles. The third-order valence-electron chi connectivity index (χ3n) is 2.30. The molecule has 0 aliphatic rings. The summed E-state index contributed by atoms with van der Waals surface area (Å²) in [6.07, 6.45) is 0.937. The second-order valence-electron chi connectivity index (χ2n) is 3.61. The number of alkyl halides is 1. The fourth-order valence-electron chi connectivity index (χ4n) is 1.52. The average Bonchev–Trinajstić information content (AvgIpc) is 2.28. The Morgan fingerprint density at radius 1 is 1.41 bits per heavy atom. The minimum absolute atomic E-state index is 0.0104. The average molecular weight is 384 g/mol. The molecular formula is C12H14Br2ClNO. The summed E-state index contributed by atoms with van der Waals surface area (Å²) in [5, 5.41) is 1.26. The zero-order valence-corrected chi connectivity index (χ0v) is 13.5. The third kappa shape index (κ3) is 4.27. The number of hydrogen-bond acceptors (Lipinski definition) is 1. The number of halogens is 3. The minimum atomic E-state index is -0.0104. The Kier molecular flexibility index (Phi) is 6.52. The van der Waals surface area contributed by atoms with Gasteiger partial charge in [-0.25, -0.2) is 0 Å². The van der Waals surface area contributed by atoms with Crippen LogP contribution in [-0.2, 0) is 0 Å². The van der Waals surface area contributed by atoms with E-state index in [-0.39, 0.29) is 5.91 Å². The van der Waals surface area contributed by atoms with E-state index in [4.69, 9.17) is 11.6 Å². The van der Waals surface area contributed by atoms with Crippen LogP contribution in [0, 0.1) is 0 Å². The lowest BCUT2D eigenvalue weighted by Gasteiger charge is -2.21. The molecular weight excluding hydrogens is 369 g/mol. The van der Waals surface area contributed by atoms with Crippen LogP contribution in [0.1, 0.15) is 23.7 Å². The molecule has 1 aromatic rings. The van der Waals surface area contributed by atoms with Crippen LogP contribution in [0.4, 0.5) is 0 Å².